The highest BCUT2D eigenvalue weighted by atomic mass is 15.1. The summed E-state index contributed by atoms with van der Waals surface area (Å²) in [5, 5.41) is 0. The number of nitrogen functional groups attached to an aromatic ring is 1. The first-order valence-electron chi connectivity index (χ1n) is 5.78. The molecule has 2 rings (SSSR count). The Morgan fingerprint density at radius 3 is 2.29 bits per heavy atom. The van der Waals surface area contributed by atoms with Gasteiger partial charge in [-0.3, -0.25) is 0 Å². The van der Waals surface area contributed by atoms with Crippen molar-refractivity contribution in [3.05, 3.63) is 59.7 Å². The lowest BCUT2D eigenvalue weighted by Gasteiger charge is -2.20. The first kappa shape index (κ1) is 11.5. The predicted octanol–water partition coefficient (Wildman–Crippen LogP) is 3.21. The summed E-state index contributed by atoms with van der Waals surface area (Å²) in [6.07, 6.45) is 0. The number of anilines is 2. The van der Waals surface area contributed by atoms with Gasteiger partial charge in [-0.25, -0.2) is 0 Å². The molecule has 88 valence electrons. The molecule has 0 unspecified atom stereocenters. The maximum absolute atomic E-state index is 5.94. The molecule has 0 heterocycles. The van der Waals surface area contributed by atoms with Gasteiger partial charge in [-0.15, -0.1) is 0 Å². The molecule has 0 spiro atoms. The SMILES string of the molecule is Cc1ccc(N(C)Cc2ccccc2N)cc1. The Kier molecular flexibility index (Phi) is 3.33. The zero-order chi connectivity index (χ0) is 12.3. The van der Waals surface area contributed by atoms with E-state index in [0.717, 1.165) is 17.8 Å². The zero-order valence-corrected chi connectivity index (χ0v) is 10.4. The lowest BCUT2D eigenvalue weighted by atomic mass is 10.1. The van der Waals surface area contributed by atoms with E-state index < -0.39 is 0 Å². The highest BCUT2D eigenvalue weighted by Gasteiger charge is 2.03. The minimum atomic E-state index is 0.829. The summed E-state index contributed by atoms with van der Waals surface area (Å²) in [6.45, 7) is 2.93. The molecule has 2 nitrogen and oxygen atoms in total. The van der Waals surface area contributed by atoms with Crippen molar-refractivity contribution in [3.8, 4) is 0 Å². The number of rotatable bonds is 3. The standard InChI is InChI=1S/C15H18N2/c1-12-7-9-14(10-8-12)17(2)11-13-5-3-4-6-15(13)16/h3-10H,11,16H2,1-2H3. The molecule has 0 saturated heterocycles. The fraction of sp³-hybridized carbons (Fsp3) is 0.200. The van der Waals surface area contributed by atoms with E-state index in [1.165, 1.54) is 11.3 Å². The highest BCUT2D eigenvalue weighted by molar-refractivity contribution is 5.52. The molecule has 2 heteroatoms. The van der Waals surface area contributed by atoms with Crippen LogP contribution in [0.5, 0.6) is 0 Å². The van der Waals surface area contributed by atoms with Crippen molar-refractivity contribution in [1.29, 1.82) is 0 Å². The second-order valence-corrected chi connectivity index (χ2v) is 4.39. The Morgan fingerprint density at radius 2 is 1.65 bits per heavy atom. The Hall–Kier alpha value is -1.96. The molecule has 0 radical (unpaired) electrons. The monoisotopic (exact) mass is 226 g/mol. The normalized spacial score (nSPS) is 10.2. The molecule has 0 atom stereocenters. The van der Waals surface area contributed by atoms with E-state index in [1.807, 2.05) is 18.2 Å². The van der Waals surface area contributed by atoms with E-state index in [1.54, 1.807) is 0 Å². The van der Waals surface area contributed by atoms with Gasteiger partial charge in [-0.05, 0) is 30.7 Å². The predicted molar refractivity (Wildman–Crippen MR) is 74.1 cm³/mol. The third-order valence-corrected chi connectivity index (χ3v) is 2.94. The number of nitrogens with zero attached hydrogens (tertiary/aromatic N) is 1. The lowest BCUT2D eigenvalue weighted by molar-refractivity contribution is 0.925. The fourth-order valence-corrected chi connectivity index (χ4v) is 1.82. The molecule has 17 heavy (non-hydrogen) atoms. The Balaban J connectivity index is 2.14. The topological polar surface area (TPSA) is 29.3 Å². The van der Waals surface area contributed by atoms with Gasteiger partial charge in [0.1, 0.15) is 0 Å². The molecule has 0 saturated carbocycles. The molecule has 0 aliphatic rings. The molecule has 0 fully saturated rings. The van der Waals surface area contributed by atoms with Gasteiger partial charge in [-0.1, -0.05) is 35.9 Å². The summed E-state index contributed by atoms with van der Waals surface area (Å²) in [5.74, 6) is 0. The average Bonchev–Trinajstić information content (AvgIpc) is 2.33. The van der Waals surface area contributed by atoms with E-state index in [0.29, 0.717) is 0 Å². The van der Waals surface area contributed by atoms with Crippen LogP contribution in [0.1, 0.15) is 11.1 Å². The van der Waals surface area contributed by atoms with Crippen molar-refractivity contribution in [2.24, 2.45) is 0 Å². The number of nitrogens with two attached hydrogens (primary N) is 1. The maximum atomic E-state index is 5.94. The van der Waals surface area contributed by atoms with Crippen molar-refractivity contribution in [2.75, 3.05) is 17.7 Å². The van der Waals surface area contributed by atoms with Gasteiger partial charge < -0.3 is 10.6 Å². The van der Waals surface area contributed by atoms with Gasteiger partial charge in [-0.2, -0.15) is 0 Å². The third-order valence-electron chi connectivity index (χ3n) is 2.94. The van der Waals surface area contributed by atoms with Crippen LogP contribution in [0.3, 0.4) is 0 Å². The average molecular weight is 226 g/mol. The van der Waals surface area contributed by atoms with E-state index in [-0.39, 0.29) is 0 Å². The molecular formula is C15H18N2. The smallest absolute Gasteiger partial charge is 0.0446 e. The largest absolute Gasteiger partial charge is 0.398 e. The van der Waals surface area contributed by atoms with Crippen molar-refractivity contribution in [1.82, 2.24) is 0 Å². The summed E-state index contributed by atoms with van der Waals surface area (Å²) in [6, 6.07) is 16.5. The second-order valence-electron chi connectivity index (χ2n) is 4.39. The zero-order valence-electron chi connectivity index (χ0n) is 10.4. The minimum Gasteiger partial charge on any atom is -0.398 e. The van der Waals surface area contributed by atoms with E-state index in [2.05, 4.69) is 49.2 Å². The number of para-hydroxylation sites is 1. The van der Waals surface area contributed by atoms with Crippen LogP contribution in [0.2, 0.25) is 0 Å². The quantitative estimate of drug-likeness (QED) is 0.814. The van der Waals surface area contributed by atoms with Crippen LogP contribution in [0.15, 0.2) is 48.5 Å². The molecule has 0 amide bonds. The lowest BCUT2D eigenvalue weighted by Crippen LogP contribution is -2.17. The Morgan fingerprint density at radius 1 is 1.00 bits per heavy atom. The van der Waals surface area contributed by atoms with Crippen molar-refractivity contribution >= 4 is 11.4 Å². The molecule has 2 aromatic carbocycles. The van der Waals surface area contributed by atoms with Gasteiger partial charge >= 0.3 is 0 Å². The van der Waals surface area contributed by atoms with Gasteiger partial charge in [0.05, 0.1) is 0 Å². The van der Waals surface area contributed by atoms with Crippen LogP contribution in [-0.4, -0.2) is 7.05 Å². The summed E-state index contributed by atoms with van der Waals surface area (Å²) in [7, 11) is 2.08. The van der Waals surface area contributed by atoms with Gasteiger partial charge in [0.15, 0.2) is 0 Å². The van der Waals surface area contributed by atoms with Crippen molar-refractivity contribution < 1.29 is 0 Å². The van der Waals surface area contributed by atoms with Crippen LogP contribution in [0, 0.1) is 6.92 Å². The van der Waals surface area contributed by atoms with Crippen LogP contribution < -0.4 is 10.6 Å². The number of aryl methyl sites for hydroxylation is 1. The first-order valence-corrected chi connectivity index (χ1v) is 5.78. The third kappa shape index (κ3) is 2.78. The molecule has 2 N–H and O–H groups in total. The maximum Gasteiger partial charge on any atom is 0.0446 e. The van der Waals surface area contributed by atoms with Crippen LogP contribution in [0.25, 0.3) is 0 Å². The van der Waals surface area contributed by atoms with Crippen LogP contribution in [-0.2, 0) is 6.54 Å². The summed E-state index contributed by atoms with van der Waals surface area (Å²) < 4.78 is 0. The van der Waals surface area contributed by atoms with Crippen molar-refractivity contribution in [2.45, 2.75) is 13.5 Å². The molecule has 0 bridgehead atoms. The summed E-state index contributed by atoms with van der Waals surface area (Å²) in [5.41, 5.74) is 10.4. The number of hydrogen-bond donors (Lipinski definition) is 1. The van der Waals surface area contributed by atoms with E-state index in [9.17, 15) is 0 Å². The summed E-state index contributed by atoms with van der Waals surface area (Å²) >= 11 is 0. The molecule has 0 aliphatic heterocycles. The van der Waals surface area contributed by atoms with E-state index >= 15 is 0 Å². The second kappa shape index (κ2) is 4.91. The molecule has 0 aromatic heterocycles. The van der Waals surface area contributed by atoms with Crippen molar-refractivity contribution in [3.63, 3.8) is 0 Å². The van der Waals surface area contributed by atoms with Crippen LogP contribution >= 0.6 is 0 Å². The molecule has 2 aromatic rings. The van der Waals surface area contributed by atoms with Gasteiger partial charge in [0, 0.05) is 25.0 Å². The minimum absolute atomic E-state index is 0.829. The van der Waals surface area contributed by atoms with Crippen LogP contribution in [0.4, 0.5) is 11.4 Å². The van der Waals surface area contributed by atoms with Gasteiger partial charge in [0.25, 0.3) is 0 Å². The number of hydrogen-bond acceptors (Lipinski definition) is 2. The molecular weight excluding hydrogens is 208 g/mol. The summed E-state index contributed by atoms with van der Waals surface area (Å²) in [4.78, 5) is 2.20. The first-order chi connectivity index (χ1) is 8.16. The highest BCUT2D eigenvalue weighted by Crippen LogP contribution is 2.18. The van der Waals surface area contributed by atoms with E-state index in [4.69, 9.17) is 5.73 Å². The fourth-order valence-electron chi connectivity index (χ4n) is 1.82. The molecule has 0 aliphatic carbocycles. The Labute approximate surface area is 103 Å². The van der Waals surface area contributed by atoms with Gasteiger partial charge in [0.2, 0.25) is 0 Å². The Bertz CT molecular complexity index is 489. The number of benzene rings is 2.